The Bertz CT molecular complexity index is 535. The molecule has 0 radical (unpaired) electrons. The summed E-state index contributed by atoms with van der Waals surface area (Å²) >= 11 is 0. The maximum absolute atomic E-state index is 12.1. The Morgan fingerprint density at radius 1 is 1.20 bits per heavy atom. The first-order chi connectivity index (χ1) is 12.2. The van der Waals surface area contributed by atoms with Crippen LogP contribution >= 0.6 is 0 Å². The highest BCUT2D eigenvalue weighted by atomic mass is 16.5. The van der Waals surface area contributed by atoms with Gasteiger partial charge in [0.2, 0.25) is 5.91 Å². The molecule has 1 aromatic carbocycles. The molecular formula is C19H30N4O2. The van der Waals surface area contributed by atoms with E-state index in [0.29, 0.717) is 13.0 Å². The molecule has 0 bridgehead atoms. The Kier molecular flexibility index (Phi) is 6.81. The number of carbonyl (C=O) groups excluding carboxylic acids is 1. The van der Waals surface area contributed by atoms with Gasteiger partial charge in [-0.1, -0.05) is 19.1 Å². The first kappa shape index (κ1) is 18.3. The molecule has 0 spiro atoms. The Labute approximate surface area is 150 Å². The first-order valence-corrected chi connectivity index (χ1v) is 9.37. The molecule has 2 saturated heterocycles. The fraction of sp³-hybridized carbons (Fsp3) is 0.632. The van der Waals surface area contributed by atoms with Gasteiger partial charge in [-0.25, -0.2) is 0 Å². The Balaban J connectivity index is 1.43. The lowest BCUT2D eigenvalue weighted by Gasteiger charge is -2.34. The van der Waals surface area contributed by atoms with Crippen molar-refractivity contribution >= 4 is 11.6 Å². The third-order valence-electron chi connectivity index (χ3n) is 4.99. The van der Waals surface area contributed by atoms with E-state index in [4.69, 9.17) is 4.74 Å². The molecule has 2 aliphatic heterocycles. The monoisotopic (exact) mass is 346 g/mol. The van der Waals surface area contributed by atoms with Crippen LogP contribution in [0.2, 0.25) is 0 Å². The van der Waals surface area contributed by atoms with Crippen molar-refractivity contribution in [3.8, 4) is 0 Å². The highest BCUT2D eigenvalue weighted by molar-refractivity contribution is 5.91. The quantitative estimate of drug-likeness (QED) is 0.809. The van der Waals surface area contributed by atoms with Crippen molar-refractivity contribution in [3.05, 3.63) is 29.8 Å². The van der Waals surface area contributed by atoms with Crippen LogP contribution in [0.5, 0.6) is 0 Å². The second-order valence-electron chi connectivity index (χ2n) is 6.89. The molecule has 2 aliphatic rings. The van der Waals surface area contributed by atoms with Gasteiger partial charge in [-0.2, -0.15) is 0 Å². The summed E-state index contributed by atoms with van der Waals surface area (Å²) in [6.07, 6.45) is 0.448. The second-order valence-corrected chi connectivity index (χ2v) is 6.89. The zero-order chi connectivity index (χ0) is 17.5. The number of ether oxygens (including phenoxy) is 1. The van der Waals surface area contributed by atoms with Crippen LogP contribution in [0, 0.1) is 0 Å². The molecule has 0 saturated carbocycles. The Hall–Kier alpha value is -1.47. The van der Waals surface area contributed by atoms with E-state index in [1.54, 1.807) is 0 Å². The van der Waals surface area contributed by atoms with Crippen LogP contribution in [0.15, 0.2) is 24.3 Å². The zero-order valence-electron chi connectivity index (χ0n) is 15.2. The number of hydrogen-bond acceptors (Lipinski definition) is 5. The molecule has 6 heteroatoms. The highest BCUT2D eigenvalue weighted by Gasteiger charge is 2.17. The lowest BCUT2D eigenvalue weighted by Crippen LogP contribution is -2.45. The van der Waals surface area contributed by atoms with E-state index in [9.17, 15) is 4.79 Å². The Morgan fingerprint density at radius 2 is 1.92 bits per heavy atom. The molecule has 1 unspecified atom stereocenters. The Morgan fingerprint density at radius 3 is 2.56 bits per heavy atom. The molecule has 25 heavy (non-hydrogen) atoms. The van der Waals surface area contributed by atoms with Crippen molar-refractivity contribution in [1.29, 1.82) is 0 Å². The molecule has 1 amide bonds. The molecule has 1 atom stereocenters. The number of hydrogen-bond donors (Lipinski definition) is 2. The summed E-state index contributed by atoms with van der Waals surface area (Å²) in [5.41, 5.74) is 2.16. The summed E-state index contributed by atoms with van der Waals surface area (Å²) < 4.78 is 5.38. The molecule has 3 rings (SSSR count). The lowest BCUT2D eigenvalue weighted by molar-refractivity contribution is -0.117. The molecule has 0 aliphatic carbocycles. The zero-order valence-corrected chi connectivity index (χ0v) is 15.2. The number of nitrogens with one attached hydrogen (secondary N) is 2. The summed E-state index contributed by atoms with van der Waals surface area (Å²) in [7, 11) is 0. The van der Waals surface area contributed by atoms with Crippen LogP contribution < -0.4 is 10.6 Å². The molecule has 6 nitrogen and oxygen atoms in total. The summed E-state index contributed by atoms with van der Waals surface area (Å²) in [5, 5.41) is 6.28. The van der Waals surface area contributed by atoms with E-state index in [0.717, 1.165) is 58.1 Å². The summed E-state index contributed by atoms with van der Waals surface area (Å²) in [6.45, 7) is 11.1. The van der Waals surface area contributed by atoms with Gasteiger partial charge in [0.05, 0.1) is 13.2 Å². The van der Waals surface area contributed by atoms with Gasteiger partial charge in [0.25, 0.3) is 0 Å². The lowest BCUT2D eigenvalue weighted by atomic mass is 10.1. The minimum atomic E-state index is 0.0337. The third-order valence-corrected chi connectivity index (χ3v) is 4.99. The highest BCUT2D eigenvalue weighted by Crippen LogP contribution is 2.13. The largest absolute Gasteiger partial charge is 0.378 e. The smallest absolute Gasteiger partial charge is 0.226 e. The maximum atomic E-state index is 12.1. The van der Waals surface area contributed by atoms with E-state index < -0.39 is 0 Å². The van der Waals surface area contributed by atoms with E-state index >= 15 is 0 Å². The predicted octanol–water partition coefficient (Wildman–Crippen LogP) is 1.14. The molecule has 1 aromatic rings. The number of likely N-dealkylation sites (N-methyl/N-ethyl adjacent to an activating group) is 1. The maximum Gasteiger partial charge on any atom is 0.226 e. The molecule has 0 aromatic heterocycles. The predicted molar refractivity (Wildman–Crippen MR) is 99.7 cm³/mol. The van der Waals surface area contributed by atoms with E-state index in [1.165, 1.54) is 5.56 Å². The normalized spacial score (nSPS) is 22.7. The summed E-state index contributed by atoms with van der Waals surface area (Å²) in [4.78, 5) is 17.1. The van der Waals surface area contributed by atoms with Crippen LogP contribution in [0.3, 0.4) is 0 Å². The van der Waals surface area contributed by atoms with Crippen LogP contribution in [0.1, 0.15) is 18.9 Å². The van der Waals surface area contributed by atoms with Gasteiger partial charge in [0.1, 0.15) is 0 Å². The van der Waals surface area contributed by atoms with Crippen molar-refractivity contribution in [1.82, 2.24) is 15.1 Å². The molecule has 2 N–H and O–H groups in total. The van der Waals surface area contributed by atoms with Crippen LogP contribution in [-0.4, -0.2) is 74.2 Å². The van der Waals surface area contributed by atoms with Gasteiger partial charge in [-0.05, 0) is 24.2 Å². The van der Waals surface area contributed by atoms with Gasteiger partial charge < -0.3 is 20.3 Å². The number of anilines is 1. The number of morpholine rings is 1. The van der Waals surface area contributed by atoms with Crippen LogP contribution in [0.4, 0.5) is 5.69 Å². The van der Waals surface area contributed by atoms with Gasteiger partial charge in [0, 0.05) is 57.4 Å². The third kappa shape index (κ3) is 5.78. The fourth-order valence-electron chi connectivity index (χ4n) is 3.40. The summed E-state index contributed by atoms with van der Waals surface area (Å²) in [6, 6.07) is 8.35. The topological polar surface area (TPSA) is 56.8 Å². The van der Waals surface area contributed by atoms with Gasteiger partial charge in [-0.15, -0.1) is 0 Å². The van der Waals surface area contributed by atoms with Crippen molar-refractivity contribution in [2.75, 3.05) is 57.8 Å². The number of nitrogens with zero attached hydrogens (tertiary/aromatic N) is 2. The minimum Gasteiger partial charge on any atom is -0.378 e. The molecule has 138 valence electrons. The number of amides is 1. The number of piperazine rings is 1. The van der Waals surface area contributed by atoms with Gasteiger partial charge >= 0.3 is 0 Å². The van der Waals surface area contributed by atoms with Crippen molar-refractivity contribution < 1.29 is 9.53 Å². The van der Waals surface area contributed by atoms with Crippen LogP contribution in [-0.2, 0) is 16.1 Å². The first-order valence-electron chi connectivity index (χ1n) is 9.37. The summed E-state index contributed by atoms with van der Waals surface area (Å²) in [5.74, 6) is 0.0337. The van der Waals surface area contributed by atoms with Crippen molar-refractivity contribution in [2.45, 2.75) is 25.9 Å². The molecule has 2 heterocycles. The number of rotatable bonds is 6. The van der Waals surface area contributed by atoms with Crippen LogP contribution in [0.25, 0.3) is 0 Å². The molecular weight excluding hydrogens is 316 g/mol. The van der Waals surface area contributed by atoms with Crippen molar-refractivity contribution in [3.63, 3.8) is 0 Å². The van der Waals surface area contributed by atoms with E-state index in [1.807, 2.05) is 12.1 Å². The van der Waals surface area contributed by atoms with Gasteiger partial charge in [0.15, 0.2) is 0 Å². The average molecular weight is 346 g/mol. The standard InChI is InChI=1S/C19H30N4O2/c1-2-22-8-10-23(11-9-22)14-16-3-5-17(6-4-16)21-19(24)13-18-15-25-12-7-20-18/h3-6,18,20H,2,7-15H2,1H3,(H,21,24). The fourth-order valence-corrected chi connectivity index (χ4v) is 3.40. The SMILES string of the molecule is CCN1CCN(Cc2ccc(NC(=O)CC3COCCN3)cc2)CC1. The average Bonchev–Trinajstić information content (AvgIpc) is 2.65. The second kappa shape index (κ2) is 9.29. The van der Waals surface area contributed by atoms with E-state index in [2.05, 4.69) is 39.5 Å². The number of benzene rings is 1. The van der Waals surface area contributed by atoms with E-state index in [-0.39, 0.29) is 11.9 Å². The van der Waals surface area contributed by atoms with Gasteiger partial charge in [-0.3, -0.25) is 9.69 Å². The van der Waals surface area contributed by atoms with Crippen molar-refractivity contribution in [2.24, 2.45) is 0 Å². The molecule has 2 fully saturated rings. The minimum absolute atomic E-state index is 0.0337. The number of carbonyl (C=O) groups is 1.